The third-order valence-electron chi connectivity index (χ3n) is 4.72. The van der Waals surface area contributed by atoms with Gasteiger partial charge >= 0.3 is 0 Å². The van der Waals surface area contributed by atoms with Crippen LogP contribution >= 0.6 is 11.8 Å². The molecule has 0 radical (unpaired) electrons. The fourth-order valence-corrected chi connectivity index (χ4v) is 3.77. The van der Waals surface area contributed by atoms with E-state index in [4.69, 9.17) is 0 Å². The molecule has 0 bridgehead atoms. The summed E-state index contributed by atoms with van der Waals surface area (Å²) in [6, 6.07) is 17.0. The Bertz CT molecular complexity index is 1080. The number of anilines is 1. The van der Waals surface area contributed by atoms with E-state index in [0.717, 1.165) is 22.4 Å². The highest BCUT2D eigenvalue weighted by atomic mass is 32.2. The molecule has 1 aromatic heterocycles. The number of para-hydroxylation sites is 1. The van der Waals surface area contributed by atoms with Crippen LogP contribution in [0, 0.1) is 6.92 Å². The minimum atomic E-state index is -0.243. The Kier molecular flexibility index (Phi) is 6.54. The molecule has 1 amide bonds. The number of thioether (sulfide) groups is 1. The summed E-state index contributed by atoms with van der Waals surface area (Å²) in [5, 5.41) is 3.51. The largest absolute Gasteiger partial charge is 0.324 e. The van der Waals surface area contributed by atoms with Crippen LogP contribution in [0.15, 0.2) is 64.5 Å². The van der Waals surface area contributed by atoms with Gasteiger partial charge < -0.3 is 5.32 Å². The number of nitrogens with zero attached hydrogens (tertiary/aromatic N) is 2. The Morgan fingerprint density at radius 3 is 2.52 bits per heavy atom. The van der Waals surface area contributed by atoms with Gasteiger partial charge in [-0.2, -0.15) is 0 Å². The molecule has 0 saturated heterocycles. The predicted molar refractivity (Wildman–Crippen MR) is 120 cm³/mol. The molecule has 0 unspecified atom stereocenters. The molecule has 29 heavy (non-hydrogen) atoms. The molecule has 2 aromatic carbocycles. The zero-order valence-corrected chi connectivity index (χ0v) is 17.9. The standard InChI is InChI=1S/C23H25N3O2S/c1-15(2)18-12-8-9-16(3)22(18)25-20(27)14-26-21(28)13-19(24-23(26)29-4)17-10-6-5-7-11-17/h5-13,15H,14H2,1-4H3,(H,25,27). The van der Waals surface area contributed by atoms with Crippen molar-refractivity contribution in [1.29, 1.82) is 0 Å². The van der Waals surface area contributed by atoms with E-state index in [-0.39, 0.29) is 23.9 Å². The third-order valence-corrected chi connectivity index (χ3v) is 5.40. The average molecular weight is 408 g/mol. The van der Waals surface area contributed by atoms with Crippen molar-refractivity contribution in [2.24, 2.45) is 0 Å². The van der Waals surface area contributed by atoms with E-state index in [0.29, 0.717) is 10.9 Å². The lowest BCUT2D eigenvalue weighted by Crippen LogP contribution is -2.29. The minimum Gasteiger partial charge on any atom is -0.324 e. The number of amides is 1. The quantitative estimate of drug-likeness (QED) is 0.475. The monoisotopic (exact) mass is 407 g/mol. The molecule has 3 rings (SSSR count). The van der Waals surface area contributed by atoms with E-state index in [2.05, 4.69) is 24.1 Å². The van der Waals surface area contributed by atoms with Crippen molar-refractivity contribution < 1.29 is 4.79 Å². The number of hydrogen-bond acceptors (Lipinski definition) is 4. The second-order valence-corrected chi connectivity index (χ2v) is 7.93. The topological polar surface area (TPSA) is 64.0 Å². The van der Waals surface area contributed by atoms with Crippen molar-refractivity contribution in [2.75, 3.05) is 11.6 Å². The summed E-state index contributed by atoms with van der Waals surface area (Å²) in [6.07, 6.45) is 1.85. The molecule has 0 saturated carbocycles. The maximum absolute atomic E-state index is 12.8. The molecule has 0 atom stereocenters. The molecule has 0 aliphatic carbocycles. The van der Waals surface area contributed by atoms with Crippen LogP contribution in [0.3, 0.4) is 0 Å². The van der Waals surface area contributed by atoms with Crippen LogP contribution in [0.25, 0.3) is 11.3 Å². The fourth-order valence-electron chi connectivity index (χ4n) is 3.21. The molecule has 150 valence electrons. The van der Waals surface area contributed by atoms with Crippen LogP contribution in [-0.2, 0) is 11.3 Å². The van der Waals surface area contributed by atoms with Crippen LogP contribution < -0.4 is 10.9 Å². The van der Waals surface area contributed by atoms with Gasteiger partial charge in [-0.25, -0.2) is 4.98 Å². The lowest BCUT2D eigenvalue weighted by molar-refractivity contribution is -0.116. The van der Waals surface area contributed by atoms with Crippen molar-refractivity contribution in [3.8, 4) is 11.3 Å². The number of hydrogen-bond donors (Lipinski definition) is 1. The Balaban J connectivity index is 1.89. The van der Waals surface area contributed by atoms with E-state index in [9.17, 15) is 9.59 Å². The molecular formula is C23H25N3O2S. The first-order valence-electron chi connectivity index (χ1n) is 9.51. The zero-order chi connectivity index (χ0) is 21.0. The van der Waals surface area contributed by atoms with Crippen LogP contribution in [0.2, 0.25) is 0 Å². The summed E-state index contributed by atoms with van der Waals surface area (Å²) in [5.41, 5.74) is 4.14. The first-order valence-corrected chi connectivity index (χ1v) is 10.7. The lowest BCUT2D eigenvalue weighted by Gasteiger charge is -2.17. The van der Waals surface area contributed by atoms with Gasteiger partial charge in [0.1, 0.15) is 6.54 Å². The smallest absolute Gasteiger partial charge is 0.255 e. The van der Waals surface area contributed by atoms with E-state index in [1.807, 2.05) is 61.7 Å². The normalized spacial score (nSPS) is 10.9. The summed E-state index contributed by atoms with van der Waals surface area (Å²) in [5.74, 6) is 0.0364. The molecule has 6 heteroatoms. The number of carbonyl (C=O) groups is 1. The predicted octanol–water partition coefficient (Wildman–Crippen LogP) is 4.70. The fraction of sp³-hybridized carbons (Fsp3) is 0.261. The average Bonchev–Trinajstić information content (AvgIpc) is 2.71. The van der Waals surface area contributed by atoms with Crippen molar-refractivity contribution in [3.05, 3.63) is 76.1 Å². The van der Waals surface area contributed by atoms with E-state index >= 15 is 0 Å². The van der Waals surface area contributed by atoms with Gasteiger partial charge in [-0.3, -0.25) is 14.2 Å². The number of aromatic nitrogens is 2. The van der Waals surface area contributed by atoms with Gasteiger partial charge in [0.15, 0.2) is 5.16 Å². The van der Waals surface area contributed by atoms with E-state index < -0.39 is 0 Å². The third kappa shape index (κ3) is 4.77. The molecule has 0 spiro atoms. The Hall–Kier alpha value is -2.86. The van der Waals surface area contributed by atoms with Gasteiger partial charge in [-0.15, -0.1) is 0 Å². The van der Waals surface area contributed by atoms with Crippen LogP contribution in [0.4, 0.5) is 5.69 Å². The van der Waals surface area contributed by atoms with Gasteiger partial charge in [-0.1, -0.05) is 74.1 Å². The second-order valence-electron chi connectivity index (χ2n) is 7.16. The highest BCUT2D eigenvalue weighted by molar-refractivity contribution is 7.98. The van der Waals surface area contributed by atoms with Crippen LogP contribution in [0.5, 0.6) is 0 Å². The summed E-state index contributed by atoms with van der Waals surface area (Å²) in [4.78, 5) is 30.1. The van der Waals surface area contributed by atoms with Crippen LogP contribution in [0.1, 0.15) is 30.9 Å². The van der Waals surface area contributed by atoms with Crippen LogP contribution in [-0.4, -0.2) is 21.7 Å². The summed E-state index contributed by atoms with van der Waals surface area (Å²) in [7, 11) is 0. The van der Waals surface area contributed by atoms with Gasteiger partial charge in [-0.05, 0) is 30.2 Å². The molecule has 1 N–H and O–H groups in total. The zero-order valence-electron chi connectivity index (χ0n) is 17.1. The van der Waals surface area contributed by atoms with Gasteiger partial charge in [0.25, 0.3) is 5.56 Å². The lowest BCUT2D eigenvalue weighted by atomic mass is 9.98. The number of rotatable bonds is 6. The molecular weight excluding hydrogens is 382 g/mol. The van der Waals surface area contributed by atoms with Gasteiger partial charge in [0.2, 0.25) is 5.91 Å². The Labute approximate surface area is 175 Å². The highest BCUT2D eigenvalue weighted by Gasteiger charge is 2.16. The second kappa shape index (κ2) is 9.09. The van der Waals surface area contributed by atoms with E-state index in [1.54, 1.807) is 0 Å². The Morgan fingerprint density at radius 1 is 1.14 bits per heavy atom. The first kappa shape index (κ1) is 20.9. The number of nitrogens with one attached hydrogen (secondary N) is 1. The highest BCUT2D eigenvalue weighted by Crippen LogP contribution is 2.27. The molecule has 1 heterocycles. The maximum atomic E-state index is 12.8. The maximum Gasteiger partial charge on any atom is 0.255 e. The first-order chi connectivity index (χ1) is 13.9. The van der Waals surface area contributed by atoms with Gasteiger partial charge in [0, 0.05) is 17.3 Å². The molecule has 5 nitrogen and oxygen atoms in total. The summed E-state index contributed by atoms with van der Waals surface area (Å²) >= 11 is 1.35. The van der Waals surface area contributed by atoms with Crippen molar-refractivity contribution in [2.45, 2.75) is 38.4 Å². The number of aryl methyl sites for hydroxylation is 1. The summed E-state index contributed by atoms with van der Waals surface area (Å²) in [6.45, 7) is 6.07. The minimum absolute atomic E-state index is 0.0804. The Morgan fingerprint density at radius 2 is 1.86 bits per heavy atom. The van der Waals surface area contributed by atoms with Crippen molar-refractivity contribution >= 4 is 23.4 Å². The number of carbonyl (C=O) groups excluding carboxylic acids is 1. The SMILES string of the molecule is CSc1nc(-c2ccccc2)cc(=O)n1CC(=O)Nc1c(C)cccc1C(C)C. The number of benzene rings is 2. The molecule has 0 aliphatic rings. The summed E-state index contributed by atoms with van der Waals surface area (Å²) < 4.78 is 1.42. The molecule has 0 fully saturated rings. The van der Waals surface area contributed by atoms with Crippen molar-refractivity contribution in [3.63, 3.8) is 0 Å². The van der Waals surface area contributed by atoms with Gasteiger partial charge in [0.05, 0.1) is 5.69 Å². The van der Waals surface area contributed by atoms with E-state index in [1.165, 1.54) is 22.4 Å². The van der Waals surface area contributed by atoms with Crippen molar-refractivity contribution in [1.82, 2.24) is 9.55 Å². The molecule has 3 aromatic rings. The molecule has 0 aliphatic heterocycles.